The van der Waals surface area contributed by atoms with E-state index in [-0.39, 0.29) is 11.7 Å². The lowest BCUT2D eigenvalue weighted by Crippen LogP contribution is -2.44. The van der Waals surface area contributed by atoms with Gasteiger partial charge in [0, 0.05) is 11.5 Å². The van der Waals surface area contributed by atoms with Gasteiger partial charge in [-0.2, -0.15) is 4.98 Å². The second-order valence-corrected chi connectivity index (χ2v) is 4.71. The lowest BCUT2D eigenvalue weighted by molar-refractivity contribution is 0.252. The lowest BCUT2D eigenvalue weighted by Gasteiger charge is -2.30. The molecule has 0 aliphatic carbocycles. The van der Waals surface area contributed by atoms with E-state index in [1.807, 2.05) is 6.07 Å². The maximum absolute atomic E-state index is 9.43. The van der Waals surface area contributed by atoms with Crippen molar-refractivity contribution in [2.45, 2.75) is 12.8 Å². The third kappa shape index (κ3) is 1.97. The van der Waals surface area contributed by atoms with Crippen molar-refractivity contribution >= 4 is 0 Å². The summed E-state index contributed by atoms with van der Waals surface area (Å²) in [6.07, 6.45) is 0. The predicted molar refractivity (Wildman–Crippen MR) is 66.2 cm³/mol. The number of hydrogen-bond acceptors (Lipinski definition) is 5. The van der Waals surface area contributed by atoms with Crippen LogP contribution >= 0.6 is 0 Å². The molecule has 0 amide bonds. The summed E-state index contributed by atoms with van der Waals surface area (Å²) in [6.45, 7) is 4.11. The SMILES string of the molecule is CC(c1nc(-c2cccc(O)c2)no1)C1CNC1. The van der Waals surface area contributed by atoms with Crippen LogP contribution < -0.4 is 5.32 Å². The monoisotopic (exact) mass is 245 g/mol. The maximum atomic E-state index is 9.43. The molecule has 0 saturated carbocycles. The minimum absolute atomic E-state index is 0.204. The summed E-state index contributed by atoms with van der Waals surface area (Å²) in [6, 6.07) is 6.86. The van der Waals surface area contributed by atoms with E-state index in [0.29, 0.717) is 17.6 Å². The Balaban J connectivity index is 1.84. The molecule has 2 aromatic rings. The quantitative estimate of drug-likeness (QED) is 0.862. The highest BCUT2D eigenvalue weighted by molar-refractivity contribution is 5.56. The van der Waals surface area contributed by atoms with Gasteiger partial charge in [-0.25, -0.2) is 0 Å². The molecule has 3 rings (SSSR count). The van der Waals surface area contributed by atoms with Crippen molar-refractivity contribution in [1.82, 2.24) is 15.5 Å². The van der Waals surface area contributed by atoms with Gasteiger partial charge >= 0.3 is 0 Å². The van der Waals surface area contributed by atoms with E-state index in [0.717, 1.165) is 18.7 Å². The van der Waals surface area contributed by atoms with E-state index in [4.69, 9.17) is 4.52 Å². The van der Waals surface area contributed by atoms with E-state index < -0.39 is 0 Å². The molecule has 1 fully saturated rings. The first kappa shape index (κ1) is 11.2. The van der Waals surface area contributed by atoms with E-state index in [1.165, 1.54) is 0 Å². The molecular formula is C13H15N3O2. The molecule has 5 nitrogen and oxygen atoms in total. The van der Waals surface area contributed by atoms with Crippen LogP contribution in [0.25, 0.3) is 11.4 Å². The lowest BCUT2D eigenvalue weighted by atomic mass is 9.89. The summed E-state index contributed by atoms with van der Waals surface area (Å²) < 4.78 is 5.31. The Morgan fingerprint density at radius 1 is 1.44 bits per heavy atom. The Kier molecular flexibility index (Phi) is 2.76. The number of benzene rings is 1. The van der Waals surface area contributed by atoms with E-state index in [2.05, 4.69) is 22.4 Å². The first-order valence-electron chi connectivity index (χ1n) is 6.08. The minimum Gasteiger partial charge on any atom is -0.508 e. The number of aromatic nitrogens is 2. The molecule has 18 heavy (non-hydrogen) atoms. The second-order valence-electron chi connectivity index (χ2n) is 4.71. The molecule has 5 heteroatoms. The summed E-state index contributed by atoms with van der Waals surface area (Å²) >= 11 is 0. The van der Waals surface area contributed by atoms with Gasteiger partial charge in [-0.3, -0.25) is 0 Å². The van der Waals surface area contributed by atoms with Gasteiger partial charge in [0.05, 0.1) is 0 Å². The van der Waals surface area contributed by atoms with Crippen LogP contribution in [0.2, 0.25) is 0 Å². The number of nitrogens with zero attached hydrogens (tertiary/aromatic N) is 2. The highest BCUT2D eigenvalue weighted by Crippen LogP contribution is 2.28. The summed E-state index contributed by atoms with van der Waals surface area (Å²) in [5.74, 6) is 2.24. The highest BCUT2D eigenvalue weighted by atomic mass is 16.5. The van der Waals surface area contributed by atoms with Gasteiger partial charge in [-0.05, 0) is 31.1 Å². The fourth-order valence-corrected chi connectivity index (χ4v) is 2.05. The molecule has 1 aliphatic heterocycles. The molecule has 0 radical (unpaired) electrons. The van der Waals surface area contributed by atoms with Gasteiger partial charge in [0.25, 0.3) is 0 Å². The largest absolute Gasteiger partial charge is 0.508 e. The van der Waals surface area contributed by atoms with Gasteiger partial charge in [0.2, 0.25) is 11.7 Å². The molecule has 0 bridgehead atoms. The topological polar surface area (TPSA) is 71.2 Å². The zero-order chi connectivity index (χ0) is 12.5. The fraction of sp³-hybridized carbons (Fsp3) is 0.385. The van der Waals surface area contributed by atoms with Gasteiger partial charge < -0.3 is 14.9 Å². The Morgan fingerprint density at radius 2 is 2.28 bits per heavy atom. The van der Waals surface area contributed by atoms with E-state index in [9.17, 15) is 5.11 Å². The zero-order valence-corrected chi connectivity index (χ0v) is 10.1. The minimum atomic E-state index is 0.204. The van der Waals surface area contributed by atoms with Crippen molar-refractivity contribution < 1.29 is 9.63 Å². The average Bonchev–Trinajstić information content (AvgIpc) is 2.75. The van der Waals surface area contributed by atoms with E-state index >= 15 is 0 Å². The van der Waals surface area contributed by atoms with Crippen LogP contribution in [0.5, 0.6) is 5.75 Å². The van der Waals surface area contributed by atoms with Gasteiger partial charge in [-0.1, -0.05) is 24.2 Å². The van der Waals surface area contributed by atoms with Crippen LogP contribution in [-0.2, 0) is 0 Å². The van der Waals surface area contributed by atoms with Crippen molar-refractivity contribution in [2.75, 3.05) is 13.1 Å². The molecule has 1 aliphatic rings. The maximum Gasteiger partial charge on any atom is 0.230 e. The van der Waals surface area contributed by atoms with Gasteiger partial charge in [-0.15, -0.1) is 0 Å². The highest BCUT2D eigenvalue weighted by Gasteiger charge is 2.28. The van der Waals surface area contributed by atoms with E-state index in [1.54, 1.807) is 18.2 Å². The predicted octanol–water partition coefficient (Wildman–Crippen LogP) is 1.77. The van der Waals surface area contributed by atoms with Crippen molar-refractivity contribution in [3.63, 3.8) is 0 Å². The van der Waals surface area contributed by atoms with Crippen LogP contribution in [0.1, 0.15) is 18.7 Å². The fourth-order valence-electron chi connectivity index (χ4n) is 2.05. The van der Waals surface area contributed by atoms with Gasteiger partial charge in [0.1, 0.15) is 5.75 Å². The number of phenolic OH excluding ortho intramolecular Hbond substituents is 1. The molecule has 0 spiro atoms. The summed E-state index contributed by atoms with van der Waals surface area (Å²) in [4.78, 5) is 4.41. The molecule has 1 atom stereocenters. The Labute approximate surface area is 105 Å². The standard InChI is InChI=1S/C13H15N3O2/c1-8(10-6-14-7-10)13-15-12(16-18-13)9-3-2-4-11(17)5-9/h2-5,8,10,14,17H,6-7H2,1H3. The summed E-state index contributed by atoms with van der Waals surface area (Å²) in [5, 5.41) is 16.6. The molecule has 1 unspecified atom stereocenters. The summed E-state index contributed by atoms with van der Waals surface area (Å²) in [5.41, 5.74) is 0.768. The zero-order valence-electron chi connectivity index (χ0n) is 10.1. The number of hydrogen-bond donors (Lipinski definition) is 2. The Morgan fingerprint density at radius 3 is 2.94 bits per heavy atom. The molecular weight excluding hydrogens is 230 g/mol. The van der Waals surface area contributed by atoms with Crippen molar-refractivity contribution in [1.29, 1.82) is 0 Å². The van der Waals surface area contributed by atoms with Crippen molar-refractivity contribution in [2.24, 2.45) is 5.92 Å². The smallest absolute Gasteiger partial charge is 0.230 e. The molecule has 2 N–H and O–H groups in total. The third-order valence-electron chi connectivity index (χ3n) is 3.46. The summed E-state index contributed by atoms with van der Waals surface area (Å²) in [7, 11) is 0. The normalized spacial score (nSPS) is 17.4. The molecule has 2 heterocycles. The van der Waals surface area contributed by atoms with Crippen LogP contribution in [0.3, 0.4) is 0 Å². The molecule has 1 aromatic carbocycles. The van der Waals surface area contributed by atoms with Crippen molar-refractivity contribution in [3.05, 3.63) is 30.2 Å². The number of rotatable bonds is 3. The third-order valence-corrected chi connectivity index (χ3v) is 3.46. The van der Waals surface area contributed by atoms with Crippen LogP contribution in [0, 0.1) is 5.92 Å². The Bertz CT molecular complexity index is 549. The number of aromatic hydroxyl groups is 1. The number of phenols is 1. The molecule has 1 aromatic heterocycles. The van der Waals surface area contributed by atoms with Crippen LogP contribution in [-0.4, -0.2) is 28.3 Å². The van der Waals surface area contributed by atoms with Crippen LogP contribution in [0.15, 0.2) is 28.8 Å². The number of nitrogens with one attached hydrogen (secondary N) is 1. The second kappa shape index (κ2) is 4.42. The first-order valence-corrected chi connectivity index (χ1v) is 6.08. The first-order chi connectivity index (χ1) is 8.74. The average molecular weight is 245 g/mol. The van der Waals surface area contributed by atoms with Crippen molar-refractivity contribution in [3.8, 4) is 17.1 Å². The molecule has 94 valence electrons. The van der Waals surface area contributed by atoms with Gasteiger partial charge in [0.15, 0.2) is 0 Å². The molecule has 1 saturated heterocycles. The van der Waals surface area contributed by atoms with Crippen LogP contribution in [0.4, 0.5) is 0 Å². The Hall–Kier alpha value is -1.88.